The maximum Gasteiger partial charge on any atom is 0.270 e. The number of rotatable bonds is 6. The van der Waals surface area contributed by atoms with Crippen molar-refractivity contribution in [1.82, 2.24) is 9.47 Å². The molecule has 1 aliphatic heterocycles. The first-order valence-electron chi connectivity index (χ1n) is 9.86. The first kappa shape index (κ1) is 23.6. The molecule has 1 aliphatic rings. The number of aromatic nitrogens is 1. The van der Waals surface area contributed by atoms with E-state index in [2.05, 4.69) is 17.8 Å². The molecule has 12 heteroatoms. The number of fused-ring (bicyclic) bond motifs is 1. The molecule has 0 saturated carbocycles. The summed E-state index contributed by atoms with van der Waals surface area (Å²) >= 11 is 0.992. The summed E-state index contributed by atoms with van der Waals surface area (Å²) in [4.78, 5) is 40.7. The van der Waals surface area contributed by atoms with E-state index in [4.69, 9.17) is 6.42 Å². The first-order chi connectivity index (χ1) is 15.1. The SMILES string of the molecule is C#CCn1c(=NC(=O)CS(=O)(=O)CC(=O)N2CCC(C)CC2)sc2cc([N+](=O)[O-])ccc21. The maximum atomic E-state index is 12.4. The average molecular weight is 479 g/mol. The fourth-order valence-electron chi connectivity index (χ4n) is 3.42. The van der Waals surface area contributed by atoms with E-state index >= 15 is 0 Å². The average Bonchev–Trinajstić information content (AvgIpc) is 3.04. The fraction of sp³-hybridized carbons (Fsp3) is 0.450. The minimum atomic E-state index is -4.00. The Kier molecular flexibility index (Phi) is 7.10. The third-order valence-electron chi connectivity index (χ3n) is 5.17. The Morgan fingerprint density at radius 1 is 1.31 bits per heavy atom. The number of likely N-dealkylation sites (tertiary alicyclic amines) is 1. The molecule has 0 N–H and O–H groups in total. The molecule has 2 amide bonds. The van der Waals surface area contributed by atoms with Crippen LogP contribution in [0.1, 0.15) is 19.8 Å². The summed E-state index contributed by atoms with van der Waals surface area (Å²) in [5.41, 5.74) is 0.417. The summed E-state index contributed by atoms with van der Waals surface area (Å²) in [5.74, 6) is -0.183. The van der Waals surface area contributed by atoms with E-state index in [0.29, 0.717) is 29.2 Å². The third-order valence-corrected chi connectivity index (χ3v) is 7.58. The lowest BCUT2D eigenvalue weighted by atomic mass is 9.99. The highest BCUT2D eigenvalue weighted by atomic mass is 32.2. The van der Waals surface area contributed by atoms with Gasteiger partial charge in [-0.1, -0.05) is 24.2 Å². The third kappa shape index (κ3) is 5.60. The second-order valence-electron chi connectivity index (χ2n) is 7.69. The highest BCUT2D eigenvalue weighted by Crippen LogP contribution is 2.23. The van der Waals surface area contributed by atoms with E-state index in [1.165, 1.54) is 27.7 Å². The van der Waals surface area contributed by atoms with Crippen molar-refractivity contribution in [3.8, 4) is 12.3 Å². The normalized spacial score (nSPS) is 15.6. The van der Waals surface area contributed by atoms with Crippen LogP contribution in [0.15, 0.2) is 23.2 Å². The Morgan fingerprint density at radius 2 is 2.00 bits per heavy atom. The van der Waals surface area contributed by atoms with Crippen LogP contribution < -0.4 is 4.80 Å². The van der Waals surface area contributed by atoms with Gasteiger partial charge in [0.25, 0.3) is 11.6 Å². The van der Waals surface area contributed by atoms with Gasteiger partial charge in [-0.15, -0.1) is 6.42 Å². The van der Waals surface area contributed by atoms with E-state index in [1.54, 1.807) is 0 Å². The van der Waals surface area contributed by atoms with Crippen LogP contribution in [-0.2, 0) is 26.0 Å². The molecule has 1 saturated heterocycles. The van der Waals surface area contributed by atoms with Crippen molar-refractivity contribution >= 4 is 48.9 Å². The van der Waals surface area contributed by atoms with Crippen LogP contribution in [0.5, 0.6) is 0 Å². The standard InChI is InChI=1S/C20H22N4O6S2/c1-3-8-23-16-5-4-15(24(27)28)11-17(16)31-20(23)21-18(25)12-32(29,30)13-19(26)22-9-6-14(2)7-10-22/h1,4-5,11,14H,6-10,12-13H2,2H3. The van der Waals surface area contributed by atoms with Crippen LogP contribution in [0.2, 0.25) is 0 Å². The van der Waals surface area contributed by atoms with Gasteiger partial charge in [-0.25, -0.2) is 8.42 Å². The molecule has 2 aromatic rings. The summed E-state index contributed by atoms with van der Waals surface area (Å²) in [6.45, 7) is 3.14. The number of sulfone groups is 1. The second kappa shape index (κ2) is 9.62. The molecule has 0 radical (unpaired) electrons. The summed E-state index contributed by atoms with van der Waals surface area (Å²) < 4.78 is 26.8. The molecule has 3 rings (SSSR count). The predicted octanol–water partition coefficient (Wildman–Crippen LogP) is 1.34. The zero-order valence-corrected chi connectivity index (χ0v) is 19.0. The minimum absolute atomic E-state index is 0.0442. The maximum absolute atomic E-state index is 12.4. The van der Waals surface area contributed by atoms with Gasteiger partial charge in [0.05, 0.1) is 21.7 Å². The molecule has 32 heavy (non-hydrogen) atoms. The van der Waals surface area contributed by atoms with Crippen LogP contribution in [0.25, 0.3) is 10.2 Å². The summed E-state index contributed by atoms with van der Waals surface area (Å²) in [6.07, 6.45) is 7.02. The number of nitro benzene ring substituents is 1. The van der Waals surface area contributed by atoms with Gasteiger partial charge in [0.1, 0.15) is 11.5 Å². The molecule has 1 fully saturated rings. The number of carbonyl (C=O) groups excluding carboxylic acids is 2. The molecule has 1 aromatic heterocycles. The molecule has 0 atom stereocenters. The first-order valence-corrected chi connectivity index (χ1v) is 12.5. The molecule has 0 aliphatic carbocycles. The van der Waals surface area contributed by atoms with Crippen LogP contribution in [0, 0.1) is 28.4 Å². The van der Waals surface area contributed by atoms with Gasteiger partial charge >= 0.3 is 0 Å². The van der Waals surface area contributed by atoms with E-state index in [1.807, 2.05) is 0 Å². The molecule has 1 aromatic carbocycles. The van der Waals surface area contributed by atoms with Crippen LogP contribution in [0.4, 0.5) is 5.69 Å². The van der Waals surface area contributed by atoms with Crippen molar-refractivity contribution in [3.63, 3.8) is 0 Å². The zero-order valence-electron chi connectivity index (χ0n) is 17.4. The molecular weight excluding hydrogens is 456 g/mol. The van der Waals surface area contributed by atoms with E-state index < -0.39 is 38.1 Å². The zero-order chi connectivity index (χ0) is 23.5. The Labute approximate surface area is 188 Å². The van der Waals surface area contributed by atoms with E-state index in [-0.39, 0.29) is 17.0 Å². The van der Waals surface area contributed by atoms with Crippen LogP contribution >= 0.6 is 11.3 Å². The summed E-state index contributed by atoms with van der Waals surface area (Å²) in [5, 5.41) is 11.0. The van der Waals surface area contributed by atoms with Gasteiger partial charge in [-0.3, -0.25) is 19.7 Å². The van der Waals surface area contributed by atoms with Gasteiger partial charge in [0.15, 0.2) is 14.6 Å². The number of thiazole rings is 1. The Morgan fingerprint density at radius 3 is 2.62 bits per heavy atom. The number of benzene rings is 1. The van der Waals surface area contributed by atoms with E-state index in [0.717, 1.165) is 24.2 Å². The predicted molar refractivity (Wildman–Crippen MR) is 120 cm³/mol. The van der Waals surface area contributed by atoms with Crippen LogP contribution in [-0.4, -0.2) is 59.2 Å². The number of non-ortho nitro benzene ring substituents is 1. The lowest BCUT2D eigenvalue weighted by Crippen LogP contribution is -2.41. The smallest absolute Gasteiger partial charge is 0.270 e. The summed E-state index contributed by atoms with van der Waals surface area (Å²) in [6, 6.07) is 4.15. The highest BCUT2D eigenvalue weighted by molar-refractivity contribution is 7.92. The lowest BCUT2D eigenvalue weighted by Gasteiger charge is -2.30. The van der Waals surface area contributed by atoms with Gasteiger partial charge in [-0.2, -0.15) is 4.99 Å². The molecule has 0 spiro atoms. The number of nitro groups is 1. The van der Waals surface area contributed by atoms with Gasteiger partial charge < -0.3 is 9.47 Å². The second-order valence-corrected chi connectivity index (χ2v) is 10.8. The largest absolute Gasteiger partial charge is 0.342 e. The van der Waals surface area contributed by atoms with Crippen LogP contribution in [0.3, 0.4) is 0 Å². The van der Waals surface area contributed by atoms with Gasteiger partial charge in [0, 0.05) is 25.2 Å². The van der Waals surface area contributed by atoms with Gasteiger partial charge in [0.2, 0.25) is 5.91 Å². The number of terminal acetylenes is 1. The summed E-state index contributed by atoms with van der Waals surface area (Å²) in [7, 11) is -4.00. The van der Waals surface area contributed by atoms with E-state index in [9.17, 15) is 28.1 Å². The number of hydrogen-bond acceptors (Lipinski definition) is 7. The lowest BCUT2D eigenvalue weighted by molar-refractivity contribution is -0.384. The Balaban J connectivity index is 1.80. The fourth-order valence-corrected chi connectivity index (χ4v) is 5.60. The molecule has 10 nitrogen and oxygen atoms in total. The molecule has 0 bridgehead atoms. The van der Waals surface area contributed by atoms with Gasteiger partial charge in [-0.05, 0) is 24.8 Å². The van der Waals surface area contributed by atoms with Crippen molar-refractivity contribution < 1.29 is 22.9 Å². The van der Waals surface area contributed by atoms with Crippen molar-refractivity contribution in [2.24, 2.45) is 10.9 Å². The molecular formula is C20H22N4O6S2. The number of carbonyl (C=O) groups is 2. The van der Waals surface area contributed by atoms with Crippen molar-refractivity contribution in [2.75, 3.05) is 24.6 Å². The minimum Gasteiger partial charge on any atom is -0.342 e. The van der Waals surface area contributed by atoms with Crippen molar-refractivity contribution in [1.29, 1.82) is 0 Å². The van der Waals surface area contributed by atoms with Crippen molar-refractivity contribution in [2.45, 2.75) is 26.3 Å². The molecule has 170 valence electrons. The Bertz CT molecular complexity index is 1280. The molecule has 2 heterocycles. The van der Waals surface area contributed by atoms with Crippen molar-refractivity contribution in [3.05, 3.63) is 33.1 Å². The Hall–Kier alpha value is -3.04. The monoisotopic (exact) mass is 478 g/mol. The number of piperidine rings is 1. The number of hydrogen-bond donors (Lipinski definition) is 0. The highest BCUT2D eigenvalue weighted by Gasteiger charge is 2.26. The quantitative estimate of drug-likeness (QED) is 0.350. The number of nitrogens with zero attached hydrogens (tertiary/aromatic N) is 4. The molecule has 0 unspecified atom stereocenters. The topological polar surface area (TPSA) is 132 Å². The number of amides is 2.